The zero-order valence-corrected chi connectivity index (χ0v) is 13.4. The Morgan fingerprint density at radius 3 is 2.20 bits per heavy atom. The molecule has 0 amide bonds. The number of benzene rings is 2. The van der Waals surface area contributed by atoms with E-state index < -0.39 is 22.1 Å². The van der Waals surface area contributed by atoms with Crippen LogP contribution in [0.25, 0.3) is 10.8 Å². The standard InChI is InChI=1S/C14H5Cl2F2N3O4/c15-8-1-5(21(23)24)2-9(16)12(8)25-14-7-4-11(18)10(17)3-6(7)13(22)19-20-14/h1-4H,(H,19,22). The lowest BCUT2D eigenvalue weighted by molar-refractivity contribution is -0.384. The van der Waals surface area contributed by atoms with E-state index in [-0.39, 0.29) is 38.1 Å². The summed E-state index contributed by atoms with van der Waals surface area (Å²) in [5, 5.41) is 15.7. The zero-order chi connectivity index (χ0) is 18.3. The number of halogens is 4. The van der Waals surface area contributed by atoms with Crippen molar-refractivity contribution < 1.29 is 18.4 Å². The summed E-state index contributed by atoms with van der Waals surface area (Å²) >= 11 is 11.8. The highest BCUT2D eigenvalue weighted by molar-refractivity contribution is 6.37. The minimum absolute atomic E-state index is 0.131. The number of rotatable bonds is 3. The number of nitrogens with zero attached hydrogens (tertiary/aromatic N) is 2. The highest BCUT2D eigenvalue weighted by Gasteiger charge is 2.19. The molecule has 0 bridgehead atoms. The van der Waals surface area contributed by atoms with Crippen molar-refractivity contribution in [1.29, 1.82) is 0 Å². The van der Waals surface area contributed by atoms with E-state index in [1.54, 1.807) is 0 Å². The molecule has 0 saturated heterocycles. The summed E-state index contributed by atoms with van der Waals surface area (Å²) in [7, 11) is 0. The number of aromatic amines is 1. The fraction of sp³-hybridized carbons (Fsp3) is 0. The van der Waals surface area contributed by atoms with E-state index in [2.05, 4.69) is 10.2 Å². The molecule has 0 atom stereocenters. The first-order chi connectivity index (χ1) is 11.8. The molecular weight excluding hydrogens is 383 g/mol. The molecule has 3 rings (SSSR count). The largest absolute Gasteiger partial charge is 0.434 e. The molecule has 0 aliphatic rings. The van der Waals surface area contributed by atoms with Crippen LogP contribution in [0.15, 0.2) is 29.1 Å². The van der Waals surface area contributed by atoms with Crippen molar-refractivity contribution >= 4 is 39.7 Å². The quantitative estimate of drug-likeness (QED) is 0.536. The summed E-state index contributed by atoms with van der Waals surface area (Å²) in [4.78, 5) is 21.8. The first-order valence-electron chi connectivity index (χ1n) is 6.46. The third-order valence-electron chi connectivity index (χ3n) is 3.19. The molecule has 11 heteroatoms. The van der Waals surface area contributed by atoms with Gasteiger partial charge in [0.1, 0.15) is 0 Å². The Morgan fingerprint density at radius 1 is 1.08 bits per heavy atom. The second-order valence-corrected chi connectivity index (χ2v) is 5.58. The normalized spacial score (nSPS) is 10.9. The molecule has 1 N–H and O–H groups in total. The Bertz CT molecular complexity index is 1060. The first-order valence-corrected chi connectivity index (χ1v) is 7.22. The van der Waals surface area contributed by atoms with Crippen molar-refractivity contribution in [3.05, 3.63) is 66.4 Å². The molecule has 0 aliphatic carbocycles. The fourth-order valence-electron chi connectivity index (χ4n) is 2.06. The summed E-state index contributed by atoms with van der Waals surface area (Å²) in [6, 6.07) is 3.42. The van der Waals surface area contributed by atoms with E-state index in [9.17, 15) is 23.7 Å². The minimum atomic E-state index is -1.22. The number of ether oxygens (including phenoxy) is 1. The summed E-state index contributed by atoms with van der Waals surface area (Å²) in [6.45, 7) is 0. The molecule has 0 radical (unpaired) electrons. The van der Waals surface area contributed by atoms with Crippen LogP contribution >= 0.6 is 23.2 Å². The summed E-state index contributed by atoms with van der Waals surface area (Å²) in [6.07, 6.45) is 0. The molecule has 3 aromatic rings. The Labute approximate surface area is 146 Å². The van der Waals surface area contributed by atoms with Gasteiger partial charge in [-0.2, -0.15) is 0 Å². The van der Waals surface area contributed by atoms with Crippen molar-refractivity contribution in [2.45, 2.75) is 0 Å². The topological polar surface area (TPSA) is 98.1 Å². The van der Waals surface area contributed by atoms with Crippen molar-refractivity contribution in [2.24, 2.45) is 0 Å². The molecule has 2 aromatic carbocycles. The van der Waals surface area contributed by atoms with Gasteiger partial charge in [0.2, 0.25) is 5.88 Å². The summed E-state index contributed by atoms with van der Waals surface area (Å²) in [5.74, 6) is -2.95. The summed E-state index contributed by atoms with van der Waals surface area (Å²) in [5.41, 5.74) is -1.13. The predicted molar refractivity (Wildman–Crippen MR) is 85.5 cm³/mol. The lowest BCUT2D eigenvalue weighted by Crippen LogP contribution is -2.10. The van der Waals surface area contributed by atoms with Crippen LogP contribution in [0, 0.1) is 21.7 Å². The highest BCUT2D eigenvalue weighted by atomic mass is 35.5. The lowest BCUT2D eigenvalue weighted by Gasteiger charge is -2.10. The fourth-order valence-corrected chi connectivity index (χ4v) is 2.61. The van der Waals surface area contributed by atoms with Crippen LogP contribution in [-0.4, -0.2) is 15.1 Å². The number of hydrogen-bond acceptors (Lipinski definition) is 5. The van der Waals surface area contributed by atoms with Gasteiger partial charge in [-0.1, -0.05) is 23.2 Å². The number of hydrogen-bond donors (Lipinski definition) is 1. The minimum Gasteiger partial charge on any atom is -0.434 e. The average molecular weight is 388 g/mol. The van der Waals surface area contributed by atoms with E-state index in [0.29, 0.717) is 6.07 Å². The van der Waals surface area contributed by atoms with Crippen molar-refractivity contribution in [2.75, 3.05) is 0 Å². The van der Waals surface area contributed by atoms with Crippen LogP contribution < -0.4 is 10.3 Å². The van der Waals surface area contributed by atoms with Gasteiger partial charge in [0.25, 0.3) is 11.2 Å². The first kappa shape index (κ1) is 17.1. The number of nitro groups is 1. The molecule has 25 heavy (non-hydrogen) atoms. The molecule has 1 aromatic heterocycles. The van der Waals surface area contributed by atoms with Gasteiger partial charge in [-0.3, -0.25) is 14.9 Å². The number of fused-ring (bicyclic) bond motifs is 1. The van der Waals surface area contributed by atoms with Gasteiger partial charge < -0.3 is 4.74 Å². The van der Waals surface area contributed by atoms with Crippen LogP contribution in [0.4, 0.5) is 14.5 Å². The average Bonchev–Trinajstić information content (AvgIpc) is 2.54. The third kappa shape index (κ3) is 3.11. The molecule has 0 saturated carbocycles. The van der Waals surface area contributed by atoms with E-state index >= 15 is 0 Å². The van der Waals surface area contributed by atoms with Gasteiger partial charge in [0, 0.05) is 12.1 Å². The predicted octanol–water partition coefficient (Wildman–Crippen LogP) is 4.21. The second-order valence-electron chi connectivity index (χ2n) is 4.77. The summed E-state index contributed by atoms with van der Waals surface area (Å²) < 4.78 is 32.2. The zero-order valence-electron chi connectivity index (χ0n) is 11.8. The maximum Gasteiger partial charge on any atom is 0.272 e. The van der Waals surface area contributed by atoms with Crippen molar-refractivity contribution in [3.63, 3.8) is 0 Å². The maximum atomic E-state index is 13.5. The molecule has 0 spiro atoms. The molecule has 1 heterocycles. The monoisotopic (exact) mass is 387 g/mol. The van der Waals surface area contributed by atoms with Crippen LogP contribution in [-0.2, 0) is 0 Å². The van der Waals surface area contributed by atoms with E-state index in [1.807, 2.05) is 0 Å². The van der Waals surface area contributed by atoms with Gasteiger partial charge in [-0.05, 0) is 12.1 Å². The lowest BCUT2D eigenvalue weighted by atomic mass is 10.2. The van der Waals surface area contributed by atoms with Gasteiger partial charge in [-0.25, -0.2) is 13.9 Å². The number of nitrogens with one attached hydrogen (secondary N) is 1. The highest BCUT2D eigenvalue weighted by Crippen LogP contribution is 2.40. The van der Waals surface area contributed by atoms with Crippen LogP contribution in [0.1, 0.15) is 0 Å². The van der Waals surface area contributed by atoms with E-state index in [4.69, 9.17) is 27.9 Å². The SMILES string of the molecule is O=c1[nH]nc(Oc2c(Cl)cc([N+](=O)[O-])cc2Cl)c2cc(F)c(F)cc12. The van der Waals surface area contributed by atoms with Gasteiger partial charge in [0.15, 0.2) is 17.4 Å². The van der Waals surface area contributed by atoms with Crippen LogP contribution in [0.3, 0.4) is 0 Å². The second kappa shape index (κ2) is 6.26. The Hall–Kier alpha value is -2.78. The molecule has 0 aliphatic heterocycles. The number of non-ortho nitro benzene ring substituents is 1. The van der Waals surface area contributed by atoms with Gasteiger partial charge in [0.05, 0.1) is 25.7 Å². The number of nitro benzene ring substituents is 1. The van der Waals surface area contributed by atoms with E-state index in [0.717, 1.165) is 18.2 Å². The molecule has 0 fully saturated rings. The maximum absolute atomic E-state index is 13.5. The van der Waals surface area contributed by atoms with Crippen molar-refractivity contribution in [3.8, 4) is 11.6 Å². The molecule has 0 unspecified atom stereocenters. The molecular formula is C14H5Cl2F2N3O4. The number of H-pyrrole nitrogens is 1. The van der Waals surface area contributed by atoms with E-state index in [1.165, 1.54) is 0 Å². The Morgan fingerprint density at radius 2 is 1.64 bits per heavy atom. The Kier molecular flexibility index (Phi) is 4.27. The van der Waals surface area contributed by atoms with Crippen LogP contribution in [0.5, 0.6) is 11.6 Å². The molecule has 7 nitrogen and oxygen atoms in total. The van der Waals surface area contributed by atoms with Gasteiger partial charge in [-0.15, -0.1) is 5.10 Å². The van der Waals surface area contributed by atoms with Gasteiger partial charge >= 0.3 is 0 Å². The van der Waals surface area contributed by atoms with Crippen molar-refractivity contribution in [1.82, 2.24) is 10.2 Å². The third-order valence-corrected chi connectivity index (χ3v) is 3.75. The number of aromatic nitrogens is 2. The smallest absolute Gasteiger partial charge is 0.272 e. The Balaban J connectivity index is 2.16. The van der Waals surface area contributed by atoms with Crippen LogP contribution in [0.2, 0.25) is 10.0 Å². The molecule has 128 valence electrons.